The number of carbonyl (C=O) groups is 1. The van der Waals surface area contributed by atoms with E-state index in [0.29, 0.717) is 43.5 Å². The molecule has 12 heteroatoms. The van der Waals surface area contributed by atoms with Crippen LogP contribution in [0.3, 0.4) is 0 Å². The molecule has 1 heterocycles. The number of carbonyl (C=O) groups excluding carboxylic acids is 1. The van der Waals surface area contributed by atoms with Crippen LogP contribution in [0.1, 0.15) is 89.2 Å². The summed E-state index contributed by atoms with van der Waals surface area (Å²) < 4.78 is 27.8. The molecule has 2 aromatic rings. The lowest BCUT2D eigenvalue weighted by Gasteiger charge is -2.39. The molecule has 3 rings (SSSR count). The Morgan fingerprint density at radius 1 is 0.979 bits per heavy atom. The summed E-state index contributed by atoms with van der Waals surface area (Å²) in [6.45, 7) is 6.18. The number of fused-ring (bicyclic) bond motifs is 1. The Morgan fingerprint density at radius 2 is 1.69 bits per heavy atom. The molecular formula is C36H57N3O8S. The molecule has 0 radical (unpaired) electrons. The number of nitrogens with one attached hydrogen (secondary N) is 2. The zero-order valence-corrected chi connectivity index (χ0v) is 29.9. The lowest BCUT2D eigenvalue weighted by Crippen LogP contribution is -2.48. The molecule has 0 unspecified atom stereocenters. The van der Waals surface area contributed by atoms with Gasteiger partial charge in [-0.3, -0.25) is 4.79 Å². The van der Waals surface area contributed by atoms with Gasteiger partial charge in [0.2, 0.25) is 5.91 Å². The molecule has 1 aliphatic rings. The Bertz CT molecular complexity index is 1440. The number of rotatable bonds is 18. The highest BCUT2D eigenvalue weighted by Gasteiger charge is 2.49. The number of aliphatic hydroxyl groups excluding tert-OH is 5. The van der Waals surface area contributed by atoms with E-state index >= 15 is 0 Å². The first-order valence-electron chi connectivity index (χ1n) is 17.3. The standard InChI is InChI=1S/C36H57N3O8S/c1-6-9-18-36(8-3)23-48(46,47)30-17-16-26(39(4)5)21-27(30)32(35(36)45)24-13-12-14-25(20-24)38-31(42)15-10-11-19-37-22-29(41)34(44)33(43)28(40)7-2/h12-14,16-17,20-21,28-29,32-35,37,40-41,43-45H,6-11,15,18-19,22-23H2,1-5H3,(H,38,42)/t28-,29+,32-,33-,34-,35-,36-/m1/s1. The molecule has 270 valence electrons. The Hall–Kier alpha value is -2.58. The average Bonchev–Trinajstić information content (AvgIpc) is 3.13. The van der Waals surface area contributed by atoms with Gasteiger partial charge in [0.05, 0.1) is 29.0 Å². The SMILES string of the molecule is CCCC[C@]1(CC)CS(=O)(=O)c2ccc(N(C)C)cc2[C@@H](c2cccc(NC(=O)CCCCNC[C@H](O)[C@@H](O)[C@H](O)[C@H](O)CC)c2)[C@H]1O. The second-order valence-corrected chi connectivity index (χ2v) is 15.4. The third kappa shape index (κ3) is 9.77. The lowest BCUT2D eigenvalue weighted by atomic mass is 9.69. The van der Waals surface area contributed by atoms with Crippen molar-refractivity contribution in [3.8, 4) is 0 Å². The second-order valence-electron chi connectivity index (χ2n) is 13.5. The number of benzene rings is 2. The maximum absolute atomic E-state index is 13.9. The Labute approximate surface area is 286 Å². The third-order valence-electron chi connectivity index (χ3n) is 9.78. The van der Waals surface area contributed by atoms with Gasteiger partial charge in [0.25, 0.3) is 0 Å². The molecule has 0 fully saturated rings. The predicted molar refractivity (Wildman–Crippen MR) is 189 cm³/mol. The van der Waals surface area contributed by atoms with Crippen molar-refractivity contribution in [2.75, 3.05) is 43.2 Å². The van der Waals surface area contributed by atoms with Crippen molar-refractivity contribution in [2.45, 2.75) is 113 Å². The molecule has 48 heavy (non-hydrogen) atoms. The minimum Gasteiger partial charge on any atom is -0.392 e. The number of sulfone groups is 1. The fraction of sp³-hybridized carbons (Fsp3) is 0.639. The van der Waals surface area contributed by atoms with E-state index in [4.69, 9.17) is 0 Å². The van der Waals surface area contributed by atoms with Gasteiger partial charge >= 0.3 is 0 Å². The summed E-state index contributed by atoms with van der Waals surface area (Å²) in [6, 6.07) is 12.6. The molecule has 11 nitrogen and oxygen atoms in total. The van der Waals surface area contributed by atoms with Gasteiger partial charge in [-0.05, 0) is 80.1 Å². The molecule has 0 aromatic heterocycles. The fourth-order valence-corrected chi connectivity index (χ4v) is 8.89. The van der Waals surface area contributed by atoms with E-state index in [1.807, 2.05) is 50.2 Å². The lowest BCUT2D eigenvalue weighted by molar-refractivity contribution is -0.116. The summed E-state index contributed by atoms with van der Waals surface area (Å²) in [5, 5.41) is 57.8. The van der Waals surface area contributed by atoms with Crippen LogP contribution in [0.4, 0.5) is 11.4 Å². The largest absolute Gasteiger partial charge is 0.392 e. The zero-order chi connectivity index (χ0) is 35.6. The van der Waals surface area contributed by atoms with Crippen LogP contribution in [0.15, 0.2) is 47.4 Å². The highest BCUT2D eigenvalue weighted by molar-refractivity contribution is 7.91. The number of amides is 1. The first-order valence-corrected chi connectivity index (χ1v) is 18.9. The molecule has 0 saturated heterocycles. The average molecular weight is 692 g/mol. The normalized spacial score (nSPS) is 23.0. The predicted octanol–water partition coefficient (Wildman–Crippen LogP) is 3.17. The van der Waals surface area contributed by atoms with E-state index in [2.05, 4.69) is 17.6 Å². The Balaban J connectivity index is 1.74. The van der Waals surface area contributed by atoms with Crippen molar-refractivity contribution in [1.82, 2.24) is 5.32 Å². The number of hydrogen-bond acceptors (Lipinski definition) is 10. The summed E-state index contributed by atoms with van der Waals surface area (Å²) >= 11 is 0. The summed E-state index contributed by atoms with van der Waals surface area (Å²) in [5.74, 6) is -0.946. The number of aliphatic hydroxyl groups is 5. The van der Waals surface area contributed by atoms with Gasteiger partial charge in [0.15, 0.2) is 9.84 Å². The number of nitrogens with zero attached hydrogens (tertiary/aromatic N) is 1. The van der Waals surface area contributed by atoms with Crippen molar-refractivity contribution in [2.24, 2.45) is 5.41 Å². The van der Waals surface area contributed by atoms with Crippen LogP contribution in [0.5, 0.6) is 0 Å². The first-order chi connectivity index (χ1) is 22.7. The number of anilines is 2. The van der Waals surface area contributed by atoms with Gasteiger partial charge in [-0.15, -0.1) is 0 Å². The third-order valence-corrected chi connectivity index (χ3v) is 11.8. The monoisotopic (exact) mass is 691 g/mol. The van der Waals surface area contributed by atoms with E-state index in [1.54, 1.807) is 25.1 Å². The molecule has 0 spiro atoms. The summed E-state index contributed by atoms with van der Waals surface area (Å²) in [7, 11) is 0.0717. The summed E-state index contributed by atoms with van der Waals surface area (Å²) in [4.78, 5) is 15.0. The molecule has 2 aromatic carbocycles. The van der Waals surface area contributed by atoms with Crippen LogP contribution in [-0.2, 0) is 14.6 Å². The molecule has 1 aliphatic heterocycles. The van der Waals surface area contributed by atoms with Crippen molar-refractivity contribution in [3.63, 3.8) is 0 Å². The molecular weight excluding hydrogens is 634 g/mol. The first kappa shape index (κ1) is 39.9. The molecule has 7 atom stereocenters. The maximum Gasteiger partial charge on any atom is 0.224 e. The highest BCUT2D eigenvalue weighted by Crippen LogP contribution is 2.49. The quantitative estimate of drug-likeness (QED) is 0.115. The smallest absolute Gasteiger partial charge is 0.224 e. The van der Waals surface area contributed by atoms with E-state index in [-0.39, 0.29) is 35.9 Å². The van der Waals surface area contributed by atoms with Gasteiger partial charge < -0.3 is 41.1 Å². The van der Waals surface area contributed by atoms with E-state index in [0.717, 1.165) is 24.1 Å². The van der Waals surface area contributed by atoms with Crippen molar-refractivity contribution >= 4 is 27.1 Å². The van der Waals surface area contributed by atoms with Crippen LogP contribution in [0.2, 0.25) is 0 Å². The van der Waals surface area contributed by atoms with Crippen LogP contribution >= 0.6 is 0 Å². The van der Waals surface area contributed by atoms with Crippen LogP contribution in [-0.4, -0.2) is 103 Å². The van der Waals surface area contributed by atoms with Gasteiger partial charge in [-0.2, -0.15) is 0 Å². The number of unbranched alkanes of at least 4 members (excludes halogenated alkanes) is 2. The second kappa shape index (κ2) is 17.9. The van der Waals surface area contributed by atoms with Crippen molar-refractivity contribution < 1.29 is 38.7 Å². The molecule has 1 amide bonds. The van der Waals surface area contributed by atoms with Gasteiger partial charge in [0.1, 0.15) is 12.2 Å². The van der Waals surface area contributed by atoms with Crippen molar-refractivity contribution in [3.05, 3.63) is 53.6 Å². The fourth-order valence-electron chi connectivity index (χ4n) is 6.64. The van der Waals surface area contributed by atoms with Crippen molar-refractivity contribution in [1.29, 1.82) is 0 Å². The Kier molecular flexibility index (Phi) is 14.9. The summed E-state index contributed by atoms with van der Waals surface area (Å²) in [6.07, 6.45) is -1.80. The van der Waals surface area contributed by atoms with E-state index in [1.165, 1.54) is 0 Å². The highest BCUT2D eigenvalue weighted by atomic mass is 32.2. The zero-order valence-electron chi connectivity index (χ0n) is 29.1. The van der Waals surface area contributed by atoms with E-state index in [9.17, 15) is 38.7 Å². The van der Waals surface area contributed by atoms with Gasteiger partial charge in [-0.25, -0.2) is 8.42 Å². The van der Waals surface area contributed by atoms with Gasteiger partial charge in [-0.1, -0.05) is 45.7 Å². The topological polar surface area (TPSA) is 180 Å². The van der Waals surface area contributed by atoms with E-state index < -0.39 is 51.7 Å². The molecule has 7 N–H and O–H groups in total. The van der Waals surface area contributed by atoms with Crippen LogP contribution < -0.4 is 15.5 Å². The van der Waals surface area contributed by atoms with Crippen LogP contribution in [0.25, 0.3) is 0 Å². The molecule has 0 aliphatic carbocycles. The summed E-state index contributed by atoms with van der Waals surface area (Å²) in [5.41, 5.74) is 1.84. The maximum atomic E-state index is 13.9. The van der Waals surface area contributed by atoms with Crippen LogP contribution in [0, 0.1) is 5.41 Å². The Morgan fingerprint density at radius 3 is 2.33 bits per heavy atom. The number of hydrogen-bond donors (Lipinski definition) is 7. The minimum absolute atomic E-state index is 0.0267. The molecule has 0 saturated carbocycles. The van der Waals surface area contributed by atoms with Gasteiger partial charge in [0, 0.05) is 49.8 Å². The minimum atomic E-state index is -3.71. The molecule has 0 bridgehead atoms.